The number of aromatic nitrogens is 4. The number of rotatable bonds is 4. The number of hydrogen-bond acceptors (Lipinski definition) is 4. The highest BCUT2D eigenvalue weighted by Gasteiger charge is 2.50. The van der Waals surface area contributed by atoms with Gasteiger partial charge in [-0.1, -0.05) is 20.8 Å². The van der Waals surface area contributed by atoms with Gasteiger partial charge < -0.3 is 15.4 Å². The smallest absolute Gasteiger partial charge is 0.272 e. The molecule has 2 aromatic rings. The first-order valence-corrected chi connectivity index (χ1v) is 8.94. The number of fused-ring (bicyclic) bond motifs is 3. The quantitative estimate of drug-likeness (QED) is 0.706. The third-order valence-electron chi connectivity index (χ3n) is 5.44. The van der Waals surface area contributed by atoms with Gasteiger partial charge in [0.2, 0.25) is 12.0 Å². The van der Waals surface area contributed by atoms with Crippen LogP contribution in [0.3, 0.4) is 0 Å². The predicted molar refractivity (Wildman–Crippen MR) is 93.6 cm³/mol. The standard InChI is InChI=1S/C18H23N5O3/c1-18(2,3)13(9-24)20-17(25)15-12-7-10-6-11(10)16(12)23(21-15)14-8-22(26)5-4-19-14/h4-5,8,10-11,13,24H,6-7,9H2,1-3H3,(H-,19,20,25,26)/p+1/t10?,11-,13+/m0/s1. The lowest BCUT2D eigenvalue weighted by Crippen LogP contribution is -2.46. The summed E-state index contributed by atoms with van der Waals surface area (Å²) < 4.78 is 2.40. The van der Waals surface area contributed by atoms with E-state index in [4.69, 9.17) is 0 Å². The van der Waals surface area contributed by atoms with E-state index in [1.165, 1.54) is 12.4 Å². The van der Waals surface area contributed by atoms with Gasteiger partial charge in [-0.3, -0.25) is 4.79 Å². The maximum Gasteiger partial charge on any atom is 0.272 e. The molecule has 1 unspecified atom stereocenters. The zero-order valence-corrected chi connectivity index (χ0v) is 15.2. The molecule has 26 heavy (non-hydrogen) atoms. The van der Waals surface area contributed by atoms with Crippen LogP contribution >= 0.6 is 0 Å². The van der Waals surface area contributed by atoms with Crippen LogP contribution in [0.4, 0.5) is 0 Å². The lowest BCUT2D eigenvalue weighted by atomic mass is 9.87. The van der Waals surface area contributed by atoms with Crippen molar-refractivity contribution in [3.05, 3.63) is 40.4 Å². The fraction of sp³-hybridized carbons (Fsp3) is 0.556. The number of carbonyl (C=O) groups is 1. The Labute approximate surface area is 150 Å². The number of nitrogens with one attached hydrogen (secondary N) is 2. The Hall–Kier alpha value is -2.48. The first-order chi connectivity index (χ1) is 12.3. The van der Waals surface area contributed by atoms with E-state index in [1.807, 2.05) is 20.8 Å². The van der Waals surface area contributed by atoms with Crippen LogP contribution in [-0.2, 0) is 6.42 Å². The molecular formula is C18H24N5O3+. The van der Waals surface area contributed by atoms with Crippen LogP contribution in [-0.4, -0.2) is 38.4 Å². The number of hydrogen-bond donors (Lipinski definition) is 3. The SMILES string of the molecule is CC(C)(C)[C@@H](CO)NC(=O)c1nn(-c2c[n+](=O)cc[nH]2)c2c1CC1C[C@H]21. The van der Waals surface area contributed by atoms with Crippen LogP contribution in [0.2, 0.25) is 0 Å². The van der Waals surface area contributed by atoms with Crippen LogP contribution < -0.4 is 9.74 Å². The van der Waals surface area contributed by atoms with E-state index in [0.717, 1.165) is 24.1 Å². The minimum atomic E-state index is -0.362. The molecule has 0 spiro atoms. The van der Waals surface area contributed by atoms with Crippen molar-refractivity contribution in [2.24, 2.45) is 11.3 Å². The average molecular weight is 358 g/mol. The van der Waals surface area contributed by atoms with Crippen molar-refractivity contribution in [3.63, 3.8) is 0 Å². The minimum absolute atomic E-state index is 0.133. The van der Waals surface area contributed by atoms with Crippen molar-refractivity contribution in [1.29, 1.82) is 0 Å². The molecule has 0 bridgehead atoms. The van der Waals surface area contributed by atoms with Crippen molar-refractivity contribution in [1.82, 2.24) is 20.1 Å². The molecular weight excluding hydrogens is 334 g/mol. The van der Waals surface area contributed by atoms with Crippen molar-refractivity contribution in [2.75, 3.05) is 6.61 Å². The topological polar surface area (TPSA) is 106 Å². The summed E-state index contributed by atoms with van der Waals surface area (Å²) in [4.78, 5) is 27.5. The predicted octanol–water partition coefficient (Wildman–Crippen LogP) is 0.911. The Bertz CT molecular complexity index is 924. The normalized spacial score (nSPS) is 21.8. The Morgan fingerprint density at radius 2 is 2.31 bits per heavy atom. The van der Waals surface area contributed by atoms with Gasteiger partial charge in [-0.15, -0.1) is 0 Å². The van der Waals surface area contributed by atoms with E-state index in [2.05, 4.69) is 15.4 Å². The molecule has 8 heteroatoms. The van der Waals surface area contributed by atoms with Gasteiger partial charge in [0, 0.05) is 16.4 Å². The van der Waals surface area contributed by atoms with Gasteiger partial charge in [-0.2, -0.15) is 5.10 Å². The molecule has 1 fully saturated rings. The Balaban J connectivity index is 1.72. The number of aliphatic hydroxyl groups is 1. The zero-order valence-electron chi connectivity index (χ0n) is 15.2. The molecule has 8 nitrogen and oxygen atoms in total. The molecule has 138 valence electrons. The summed E-state index contributed by atoms with van der Waals surface area (Å²) in [6, 6.07) is -0.362. The fourth-order valence-corrected chi connectivity index (χ4v) is 3.76. The maximum atomic E-state index is 12.9. The van der Waals surface area contributed by atoms with E-state index in [0.29, 0.717) is 27.8 Å². The van der Waals surface area contributed by atoms with Crippen LogP contribution in [0.15, 0.2) is 18.6 Å². The highest BCUT2D eigenvalue weighted by Crippen LogP contribution is 2.57. The van der Waals surface area contributed by atoms with E-state index in [-0.39, 0.29) is 24.0 Å². The third-order valence-corrected chi connectivity index (χ3v) is 5.44. The van der Waals surface area contributed by atoms with Crippen molar-refractivity contribution in [3.8, 4) is 5.82 Å². The lowest BCUT2D eigenvalue weighted by Gasteiger charge is -2.29. The Morgan fingerprint density at radius 3 is 2.96 bits per heavy atom. The summed E-state index contributed by atoms with van der Waals surface area (Å²) in [6.07, 6.45) is 6.28. The molecule has 3 atom stereocenters. The van der Waals surface area contributed by atoms with E-state index in [1.54, 1.807) is 10.9 Å². The van der Waals surface area contributed by atoms with Crippen LogP contribution in [0.1, 0.15) is 54.9 Å². The molecule has 0 aliphatic heterocycles. The average Bonchev–Trinajstić information content (AvgIpc) is 3.07. The lowest BCUT2D eigenvalue weighted by molar-refractivity contribution is -0.495. The van der Waals surface area contributed by atoms with Crippen molar-refractivity contribution < 1.29 is 14.3 Å². The zero-order chi connectivity index (χ0) is 18.6. The monoisotopic (exact) mass is 358 g/mol. The van der Waals surface area contributed by atoms with Gasteiger partial charge >= 0.3 is 0 Å². The van der Waals surface area contributed by atoms with Crippen LogP contribution in [0.25, 0.3) is 5.82 Å². The highest BCUT2D eigenvalue weighted by molar-refractivity contribution is 5.94. The van der Waals surface area contributed by atoms with Crippen LogP contribution in [0.5, 0.6) is 0 Å². The summed E-state index contributed by atoms with van der Waals surface area (Å²) in [5.41, 5.74) is 2.12. The molecule has 1 saturated carbocycles. The van der Waals surface area contributed by atoms with Crippen molar-refractivity contribution in [2.45, 2.75) is 45.6 Å². The van der Waals surface area contributed by atoms with Gasteiger partial charge in [-0.05, 0) is 24.2 Å². The largest absolute Gasteiger partial charge is 0.394 e. The number of aromatic amines is 1. The molecule has 2 aromatic heterocycles. The summed E-state index contributed by atoms with van der Waals surface area (Å²) in [5.74, 6) is 1.24. The summed E-state index contributed by atoms with van der Waals surface area (Å²) in [7, 11) is 0. The van der Waals surface area contributed by atoms with Gasteiger partial charge in [0.15, 0.2) is 5.69 Å². The molecule has 4 rings (SSSR count). The first-order valence-electron chi connectivity index (χ1n) is 8.94. The Kier molecular flexibility index (Phi) is 3.76. The Morgan fingerprint density at radius 1 is 1.54 bits per heavy atom. The molecule has 0 aromatic carbocycles. The minimum Gasteiger partial charge on any atom is -0.394 e. The summed E-state index contributed by atoms with van der Waals surface area (Å²) >= 11 is 0. The second kappa shape index (κ2) is 5.77. The molecule has 2 aliphatic rings. The van der Waals surface area contributed by atoms with Gasteiger partial charge in [0.05, 0.1) is 29.0 Å². The highest BCUT2D eigenvalue weighted by atomic mass is 16.3. The van der Waals surface area contributed by atoms with Crippen molar-refractivity contribution >= 4 is 5.91 Å². The van der Waals surface area contributed by atoms with Gasteiger partial charge in [-0.25, -0.2) is 4.68 Å². The number of aliphatic hydroxyl groups excluding tert-OH is 1. The van der Waals surface area contributed by atoms with Gasteiger partial charge in [0.1, 0.15) is 0 Å². The maximum absolute atomic E-state index is 12.9. The fourth-order valence-electron chi connectivity index (χ4n) is 3.76. The number of H-pyrrole nitrogens is 1. The van der Waals surface area contributed by atoms with Gasteiger partial charge in [0.25, 0.3) is 12.1 Å². The molecule has 0 saturated heterocycles. The van der Waals surface area contributed by atoms with E-state index in [9.17, 15) is 14.8 Å². The number of nitrogens with zero attached hydrogens (tertiary/aromatic N) is 3. The summed E-state index contributed by atoms with van der Waals surface area (Å²) in [5, 5.41) is 17.1. The first kappa shape index (κ1) is 17.0. The van der Waals surface area contributed by atoms with E-state index >= 15 is 0 Å². The third kappa shape index (κ3) is 2.74. The van der Waals surface area contributed by atoms with E-state index < -0.39 is 0 Å². The molecule has 1 amide bonds. The number of carbonyl (C=O) groups excluding carboxylic acids is 1. The second-order valence-electron chi connectivity index (χ2n) is 8.34. The number of amides is 1. The molecule has 0 radical (unpaired) electrons. The second-order valence-corrected chi connectivity index (χ2v) is 8.34. The molecule has 3 N–H and O–H groups in total. The molecule has 2 aliphatic carbocycles. The summed E-state index contributed by atoms with van der Waals surface area (Å²) in [6.45, 7) is 5.78. The molecule has 2 heterocycles. The van der Waals surface area contributed by atoms with Crippen LogP contribution in [0, 0.1) is 16.2 Å².